The number of anilines is 2. The molecule has 1 amide bonds. The van der Waals surface area contributed by atoms with E-state index >= 15 is 0 Å². The number of fused-ring (bicyclic) bond motifs is 1. The quantitative estimate of drug-likeness (QED) is 0.679. The molecular weight excluding hydrogens is 242 g/mol. The summed E-state index contributed by atoms with van der Waals surface area (Å²) in [5.74, 6) is 0.415. The highest BCUT2D eigenvalue weighted by atomic mass is 16.3. The van der Waals surface area contributed by atoms with E-state index in [2.05, 4.69) is 4.90 Å². The van der Waals surface area contributed by atoms with Crippen LogP contribution in [0, 0.1) is 11.8 Å². The molecule has 0 bridgehead atoms. The van der Waals surface area contributed by atoms with Crippen LogP contribution in [0.5, 0.6) is 0 Å². The van der Waals surface area contributed by atoms with Gasteiger partial charge in [0.1, 0.15) is 0 Å². The lowest BCUT2D eigenvalue weighted by Gasteiger charge is -2.21. The van der Waals surface area contributed by atoms with Crippen molar-refractivity contribution < 1.29 is 9.90 Å². The first-order valence-electron chi connectivity index (χ1n) is 6.68. The molecule has 1 saturated heterocycles. The normalized spacial score (nSPS) is 29.5. The molecule has 2 fully saturated rings. The molecule has 3 atom stereocenters. The number of nitrogens with zero attached hydrogens (tertiary/aromatic N) is 1. The largest absolute Gasteiger partial charge is 0.398 e. The van der Waals surface area contributed by atoms with Crippen molar-refractivity contribution in [2.24, 2.45) is 17.6 Å². The molecule has 1 aromatic carbocycles. The number of rotatable bonds is 2. The fourth-order valence-electron chi connectivity index (χ4n) is 3.40. The van der Waals surface area contributed by atoms with Crippen LogP contribution in [0.3, 0.4) is 0 Å². The summed E-state index contributed by atoms with van der Waals surface area (Å²) in [5.41, 5.74) is 12.8. The van der Waals surface area contributed by atoms with E-state index in [0.717, 1.165) is 31.6 Å². The molecule has 5 nitrogen and oxygen atoms in total. The van der Waals surface area contributed by atoms with Crippen LogP contribution in [0.4, 0.5) is 11.4 Å². The van der Waals surface area contributed by atoms with Gasteiger partial charge < -0.3 is 21.5 Å². The Morgan fingerprint density at radius 3 is 2.79 bits per heavy atom. The number of nitrogen functional groups attached to an aromatic ring is 1. The molecule has 1 heterocycles. The molecule has 19 heavy (non-hydrogen) atoms. The highest BCUT2D eigenvalue weighted by Crippen LogP contribution is 2.40. The Morgan fingerprint density at radius 2 is 2.11 bits per heavy atom. The van der Waals surface area contributed by atoms with Crippen LogP contribution in [-0.2, 0) is 0 Å². The molecule has 2 aliphatic rings. The molecule has 0 spiro atoms. The summed E-state index contributed by atoms with van der Waals surface area (Å²) >= 11 is 0. The minimum atomic E-state index is -0.501. The van der Waals surface area contributed by atoms with Gasteiger partial charge in [-0.3, -0.25) is 4.79 Å². The molecule has 1 aliphatic carbocycles. The Labute approximate surface area is 112 Å². The molecule has 102 valence electrons. The van der Waals surface area contributed by atoms with Gasteiger partial charge >= 0.3 is 0 Å². The smallest absolute Gasteiger partial charge is 0.250 e. The lowest BCUT2D eigenvalue weighted by Crippen LogP contribution is -2.25. The Hall–Kier alpha value is -1.75. The average Bonchev–Trinajstić information content (AvgIpc) is 2.92. The standard InChI is InChI=1S/C14H19N3O2/c15-12-3-2-9(5-10(12)14(16)19)17-6-8-1-4-13(18)11(8)7-17/h2-3,5,8,11,13,18H,1,4,6-7,15H2,(H2,16,19). The topological polar surface area (TPSA) is 92.6 Å². The minimum absolute atomic E-state index is 0.181. The Bertz CT molecular complexity index is 517. The van der Waals surface area contributed by atoms with Gasteiger partial charge in [-0.05, 0) is 37.0 Å². The zero-order chi connectivity index (χ0) is 13.6. The first kappa shape index (κ1) is 12.3. The molecule has 1 aliphatic heterocycles. The second kappa shape index (κ2) is 4.42. The molecule has 1 aromatic rings. The lowest BCUT2D eigenvalue weighted by atomic mass is 10.00. The number of carbonyl (C=O) groups excluding carboxylic acids is 1. The molecule has 5 N–H and O–H groups in total. The Morgan fingerprint density at radius 1 is 1.32 bits per heavy atom. The summed E-state index contributed by atoms with van der Waals surface area (Å²) in [6, 6.07) is 5.39. The van der Waals surface area contributed by atoms with Gasteiger partial charge in [-0.1, -0.05) is 0 Å². The van der Waals surface area contributed by atoms with Gasteiger partial charge in [0, 0.05) is 30.4 Å². The maximum Gasteiger partial charge on any atom is 0.250 e. The van der Waals surface area contributed by atoms with Crippen molar-refractivity contribution in [1.29, 1.82) is 0 Å². The summed E-state index contributed by atoms with van der Waals surface area (Å²) in [4.78, 5) is 13.5. The first-order chi connectivity index (χ1) is 9.06. The van der Waals surface area contributed by atoms with E-state index in [1.165, 1.54) is 0 Å². The Kier molecular flexibility index (Phi) is 2.86. The second-order valence-corrected chi connectivity index (χ2v) is 5.61. The zero-order valence-electron chi connectivity index (χ0n) is 10.7. The van der Waals surface area contributed by atoms with Crippen molar-refractivity contribution >= 4 is 17.3 Å². The number of primary amides is 1. The molecule has 3 rings (SSSR count). The van der Waals surface area contributed by atoms with Crippen molar-refractivity contribution in [3.05, 3.63) is 23.8 Å². The number of aliphatic hydroxyl groups excluding tert-OH is 1. The first-order valence-corrected chi connectivity index (χ1v) is 6.68. The van der Waals surface area contributed by atoms with Crippen LogP contribution in [0.1, 0.15) is 23.2 Å². The number of carbonyl (C=O) groups is 1. The monoisotopic (exact) mass is 261 g/mol. The minimum Gasteiger partial charge on any atom is -0.398 e. The predicted molar refractivity (Wildman–Crippen MR) is 73.8 cm³/mol. The molecule has 0 aromatic heterocycles. The van der Waals surface area contributed by atoms with Gasteiger partial charge in [0.05, 0.1) is 11.7 Å². The van der Waals surface area contributed by atoms with E-state index in [4.69, 9.17) is 11.5 Å². The summed E-state index contributed by atoms with van der Waals surface area (Å²) < 4.78 is 0. The van der Waals surface area contributed by atoms with Crippen molar-refractivity contribution in [3.8, 4) is 0 Å². The summed E-state index contributed by atoms with van der Waals surface area (Å²) in [5, 5.41) is 9.93. The number of benzene rings is 1. The van der Waals surface area contributed by atoms with E-state index in [0.29, 0.717) is 23.1 Å². The van der Waals surface area contributed by atoms with Crippen molar-refractivity contribution in [2.75, 3.05) is 23.7 Å². The number of nitrogens with two attached hydrogens (primary N) is 2. The molecule has 3 unspecified atom stereocenters. The van der Waals surface area contributed by atoms with Crippen molar-refractivity contribution in [3.63, 3.8) is 0 Å². The van der Waals surface area contributed by atoms with Crippen LogP contribution >= 0.6 is 0 Å². The third kappa shape index (κ3) is 2.04. The third-order valence-corrected chi connectivity index (χ3v) is 4.49. The van der Waals surface area contributed by atoms with Gasteiger partial charge in [-0.2, -0.15) is 0 Å². The molecule has 1 saturated carbocycles. The maximum absolute atomic E-state index is 11.3. The number of hydrogen-bond donors (Lipinski definition) is 3. The molecule has 0 radical (unpaired) electrons. The fourth-order valence-corrected chi connectivity index (χ4v) is 3.40. The van der Waals surface area contributed by atoms with E-state index in [1.807, 2.05) is 6.07 Å². The van der Waals surface area contributed by atoms with Crippen molar-refractivity contribution in [1.82, 2.24) is 0 Å². The predicted octanol–water partition coefficient (Wildman–Crippen LogP) is 0.575. The highest BCUT2D eigenvalue weighted by molar-refractivity contribution is 5.99. The van der Waals surface area contributed by atoms with E-state index in [9.17, 15) is 9.90 Å². The highest BCUT2D eigenvalue weighted by Gasteiger charge is 2.41. The maximum atomic E-state index is 11.3. The zero-order valence-corrected chi connectivity index (χ0v) is 10.7. The van der Waals surface area contributed by atoms with Gasteiger partial charge in [0.2, 0.25) is 0 Å². The summed E-state index contributed by atoms with van der Waals surface area (Å²) in [6.45, 7) is 1.78. The van der Waals surface area contributed by atoms with Crippen LogP contribution in [-0.4, -0.2) is 30.2 Å². The summed E-state index contributed by atoms with van der Waals surface area (Å²) in [7, 11) is 0. The van der Waals surface area contributed by atoms with Crippen LogP contribution in [0.2, 0.25) is 0 Å². The number of hydrogen-bond acceptors (Lipinski definition) is 4. The van der Waals surface area contributed by atoms with Crippen molar-refractivity contribution in [2.45, 2.75) is 18.9 Å². The van der Waals surface area contributed by atoms with Gasteiger partial charge in [0.15, 0.2) is 0 Å². The van der Waals surface area contributed by atoms with Gasteiger partial charge in [-0.15, -0.1) is 0 Å². The third-order valence-electron chi connectivity index (χ3n) is 4.49. The number of aliphatic hydroxyl groups is 1. The molecule has 5 heteroatoms. The summed E-state index contributed by atoms with van der Waals surface area (Å²) in [6.07, 6.45) is 1.82. The van der Waals surface area contributed by atoms with E-state index < -0.39 is 5.91 Å². The number of amides is 1. The average molecular weight is 261 g/mol. The van der Waals surface area contributed by atoms with Crippen LogP contribution < -0.4 is 16.4 Å². The second-order valence-electron chi connectivity index (χ2n) is 5.61. The van der Waals surface area contributed by atoms with Crippen LogP contribution in [0.15, 0.2) is 18.2 Å². The van der Waals surface area contributed by atoms with Gasteiger partial charge in [-0.25, -0.2) is 0 Å². The Balaban J connectivity index is 1.84. The fraction of sp³-hybridized carbons (Fsp3) is 0.500. The lowest BCUT2D eigenvalue weighted by molar-refractivity contribution is 0.100. The van der Waals surface area contributed by atoms with E-state index in [1.54, 1.807) is 12.1 Å². The SMILES string of the molecule is NC(=O)c1cc(N2CC3CCC(O)C3C2)ccc1N. The van der Waals surface area contributed by atoms with E-state index in [-0.39, 0.29) is 6.10 Å². The van der Waals surface area contributed by atoms with Crippen LogP contribution in [0.25, 0.3) is 0 Å². The molecular formula is C14H19N3O2. The van der Waals surface area contributed by atoms with Gasteiger partial charge in [0.25, 0.3) is 5.91 Å².